The van der Waals surface area contributed by atoms with Crippen molar-refractivity contribution < 1.29 is 5.11 Å². The number of hydrogen-bond donors (Lipinski definition) is 2. The summed E-state index contributed by atoms with van der Waals surface area (Å²) >= 11 is 17.9. The van der Waals surface area contributed by atoms with Gasteiger partial charge >= 0.3 is 0 Å². The highest BCUT2D eigenvalue weighted by molar-refractivity contribution is 6.35. The van der Waals surface area contributed by atoms with Gasteiger partial charge in [-0.05, 0) is 35.9 Å². The maximum absolute atomic E-state index is 9.52. The van der Waals surface area contributed by atoms with Crippen molar-refractivity contribution in [3.8, 4) is 0 Å². The van der Waals surface area contributed by atoms with Crippen LogP contribution in [0.25, 0.3) is 0 Å². The molecule has 1 unspecified atom stereocenters. The molecule has 2 aromatic rings. The maximum Gasteiger partial charge on any atom is 0.0759 e. The highest BCUT2D eigenvalue weighted by atomic mass is 35.5. The lowest BCUT2D eigenvalue weighted by Crippen LogP contribution is -2.15. The number of aliphatic hydroxyl groups is 1. The second-order valence-corrected chi connectivity index (χ2v) is 5.34. The van der Waals surface area contributed by atoms with Gasteiger partial charge in [-0.3, -0.25) is 0 Å². The molecule has 5 heteroatoms. The van der Waals surface area contributed by atoms with Gasteiger partial charge in [0.1, 0.15) is 0 Å². The van der Waals surface area contributed by atoms with Crippen molar-refractivity contribution in [1.82, 2.24) is 0 Å². The first kappa shape index (κ1) is 14.5. The Hall–Kier alpha value is -0.930. The van der Waals surface area contributed by atoms with Crippen molar-refractivity contribution in [2.45, 2.75) is 6.04 Å². The Bertz CT molecular complexity index is 574. The predicted molar refractivity (Wildman–Crippen MR) is 81.4 cm³/mol. The van der Waals surface area contributed by atoms with Crippen molar-refractivity contribution in [3.63, 3.8) is 0 Å². The number of anilines is 1. The molecule has 0 aliphatic rings. The molecule has 0 saturated heterocycles. The van der Waals surface area contributed by atoms with Crippen LogP contribution in [-0.4, -0.2) is 11.7 Å². The van der Waals surface area contributed by atoms with Crippen molar-refractivity contribution >= 4 is 40.5 Å². The zero-order valence-electron chi connectivity index (χ0n) is 9.91. The van der Waals surface area contributed by atoms with Gasteiger partial charge in [0.2, 0.25) is 0 Å². The number of rotatable bonds is 4. The van der Waals surface area contributed by atoms with Crippen LogP contribution in [-0.2, 0) is 0 Å². The lowest BCUT2D eigenvalue weighted by atomic mass is 10.1. The molecule has 0 saturated carbocycles. The van der Waals surface area contributed by atoms with Crippen molar-refractivity contribution in [3.05, 3.63) is 63.1 Å². The van der Waals surface area contributed by atoms with E-state index in [0.29, 0.717) is 15.1 Å². The molecule has 0 aliphatic carbocycles. The third-order valence-electron chi connectivity index (χ3n) is 2.69. The first-order chi connectivity index (χ1) is 9.10. The lowest BCUT2D eigenvalue weighted by Gasteiger charge is -2.19. The largest absolute Gasteiger partial charge is 0.394 e. The molecule has 0 radical (unpaired) electrons. The van der Waals surface area contributed by atoms with Crippen molar-refractivity contribution in [2.24, 2.45) is 0 Å². The van der Waals surface area contributed by atoms with E-state index in [1.807, 2.05) is 12.1 Å². The monoisotopic (exact) mass is 315 g/mol. The second-order valence-electron chi connectivity index (χ2n) is 4.06. The van der Waals surface area contributed by atoms with E-state index < -0.39 is 0 Å². The van der Waals surface area contributed by atoms with Gasteiger partial charge in [-0.1, -0.05) is 46.9 Å². The Morgan fingerprint density at radius 2 is 1.74 bits per heavy atom. The van der Waals surface area contributed by atoms with Gasteiger partial charge in [0, 0.05) is 20.8 Å². The molecule has 19 heavy (non-hydrogen) atoms. The molecule has 0 bridgehead atoms. The highest BCUT2D eigenvalue weighted by Gasteiger charge is 2.14. The SMILES string of the molecule is OCC(Nc1cccc(Cl)c1)c1ccc(Cl)cc1Cl. The first-order valence-corrected chi connectivity index (χ1v) is 6.81. The molecule has 0 fully saturated rings. The molecule has 1 atom stereocenters. The Morgan fingerprint density at radius 1 is 1.00 bits per heavy atom. The van der Waals surface area contributed by atoms with Gasteiger partial charge in [0.25, 0.3) is 0 Å². The number of aliphatic hydroxyl groups excluding tert-OH is 1. The van der Waals surface area contributed by atoms with Crippen molar-refractivity contribution in [2.75, 3.05) is 11.9 Å². The van der Waals surface area contributed by atoms with Crippen LogP contribution in [0.2, 0.25) is 15.1 Å². The van der Waals surface area contributed by atoms with Crippen LogP contribution >= 0.6 is 34.8 Å². The molecule has 2 nitrogen and oxygen atoms in total. The summed E-state index contributed by atoms with van der Waals surface area (Å²) in [6.45, 7) is -0.0894. The van der Waals surface area contributed by atoms with E-state index >= 15 is 0 Å². The first-order valence-electron chi connectivity index (χ1n) is 5.68. The smallest absolute Gasteiger partial charge is 0.0759 e. The van der Waals surface area contributed by atoms with Crippen LogP contribution in [0.5, 0.6) is 0 Å². The van der Waals surface area contributed by atoms with Gasteiger partial charge in [-0.2, -0.15) is 0 Å². The average molecular weight is 317 g/mol. The van der Waals surface area contributed by atoms with Crippen molar-refractivity contribution in [1.29, 1.82) is 0 Å². The topological polar surface area (TPSA) is 32.3 Å². The quantitative estimate of drug-likeness (QED) is 0.850. The van der Waals surface area contributed by atoms with Gasteiger partial charge in [0.15, 0.2) is 0 Å². The summed E-state index contributed by atoms with van der Waals surface area (Å²) in [6, 6.07) is 12.2. The third-order valence-corrected chi connectivity index (χ3v) is 3.48. The van der Waals surface area contributed by atoms with Crippen LogP contribution < -0.4 is 5.32 Å². The molecular weight excluding hydrogens is 305 g/mol. The summed E-state index contributed by atoms with van der Waals surface area (Å²) in [4.78, 5) is 0. The summed E-state index contributed by atoms with van der Waals surface area (Å²) in [5.41, 5.74) is 1.60. The van der Waals surface area contributed by atoms with E-state index in [0.717, 1.165) is 11.3 Å². The van der Waals surface area contributed by atoms with Crippen LogP contribution in [0.4, 0.5) is 5.69 Å². The Kier molecular flexibility index (Phi) is 4.94. The molecule has 100 valence electrons. The van der Waals surface area contributed by atoms with Crippen LogP contribution in [0.15, 0.2) is 42.5 Å². The van der Waals surface area contributed by atoms with Gasteiger partial charge < -0.3 is 10.4 Å². The molecular formula is C14H12Cl3NO. The average Bonchev–Trinajstić information content (AvgIpc) is 2.37. The minimum Gasteiger partial charge on any atom is -0.394 e. The summed E-state index contributed by atoms with van der Waals surface area (Å²) < 4.78 is 0. The number of nitrogens with one attached hydrogen (secondary N) is 1. The van der Waals surface area contributed by atoms with Crippen LogP contribution in [0.3, 0.4) is 0 Å². The summed E-state index contributed by atoms with van der Waals surface area (Å²) in [5.74, 6) is 0. The number of hydrogen-bond acceptors (Lipinski definition) is 2. The molecule has 0 heterocycles. The Labute approximate surface area is 126 Å². The van der Waals surface area contributed by atoms with E-state index in [-0.39, 0.29) is 12.6 Å². The molecule has 0 aromatic heterocycles. The summed E-state index contributed by atoms with van der Waals surface area (Å²) in [6.07, 6.45) is 0. The van der Waals surface area contributed by atoms with Gasteiger partial charge in [-0.25, -0.2) is 0 Å². The van der Waals surface area contributed by atoms with Crippen LogP contribution in [0, 0.1) is 0 Å². The third kappa shape index (κ3) is 3.77. The molecule has 0 aliphatic heterocycles. The zero-order chi connectivity index (χ0) is 13.8. The standard InChI is InChI=1S/C14H12Cl3NO/c15-9-2-1-3-11(6-9)18-14(8-19)12-5-4-10(16)7-13(12)17/h1-7,14,18-19H,8H2. The van der Waals surface area contributed by atoms with Gasteiger partial charge in [0.05, 0.1) is 12.6 Å². The molecule has 0 amide bonds. The summed E-state index contributed by atoms with van der Waals surface area (Å²) in [5, 5.41) is 14.4. The van der Waals surface area contributed by atoms with Crippen LogP contribution in [0.1, 0.15) is 11.6 Å². The molecule has 0 spiro atoms. The van der Waals surface area contributed by atoms with E-state index in [2.05, 4.69) is 5.32 Å². The van der Waals surface area contributed by atoms with E-state index in [9.17, 15) is 5.11 Å². The number of benzene rings is 2. The number of halogens is 3. The fourth-order valence-corrected chi connectivity index (χ4v) is 2.52. The Morgan fingerprint density at radius 3 is 2.37 bits per heavy atom. The van der Waals surface area contributed by atoms with Gasteiger partial charge in [-0.15, -0.1) is 0 Å². The Balaban J connectivity index is 2.25. The van der Waals surface area contributed by atoms with E-state index in [1.54, 1.807) is 30.3 Å². The highest BCUT2D eigenvalue weighted by Crippen LogP contribution is 2.29. The minimum absolute atomic E-state index is 0.0894. The van der Waals surface area contributed by atoms with E-state index in [1.165, 1.54) is 0 Å². The summed E-state index contributed by atoms with van der Waals surface area (Å²) in [7, 11) is 0. The second kappa shape index (κ2) is 6.49. The minimum atomic E-state index is -0.316. The maximum atomic E-state index is 9.52. The molecule has 2 N–H and O–H groups in total. The molecule has 2 rings (SSSR count). The zero-order valence-corrected chi connectivity index (χ0v) is 12.2. The van der Waals surface area contributed by atoms with E-state index in [4.69, 9.17) is 34.8 Å². The molecule has 2 aromatic carbocycles. The fourth-order valence-electron chi connectivity index (χ4n) is 1.79. The fraction of sp³-hybridized carbons (Fsp3) is 0.143. The normalized spacial score (nSPS) is 12.2. The predicted octanol–water partition coefficient (Wildman–Crippen LogP) is 4.79. The lowest BCUT2D eigenvalue weighted by molar-refractivity contribution is 0.276.